The first-order valence-corrected chi connectivity index (χ1v) is 15.6. The van der Waals surface area contributed by atoms with Gasteiger partial charge in [0, 0.05) is 49.1 Å². The quantitative estimate of drug-likeness (QED) is 0.201. The summed E-state index contributed by atoms with van der Waals surface area (Å²) in [5.41, 5.74) is 10.4. The van der Waals surface area contributed by atoms with E-state index in [4.69, 9.17) is 8.83 Å². The fourth-order valence-corrected chi connectivity index (χ4v) is 7.74. The highest BCUT2D eigenvalue weighted by molar-refractivity contribution is 6.24. The predicted octanol–water partition coefficient (Wildman–Crippen LogP) is 11.7. The van der Waals surface area contributed by atoms with Gasteiger partial charge in [-0.3, -0.25) is 0 Å². The Bertz CT molecular complexity index is 2990. The Labute approximate surface area is 261 Å². The second-order valence-electron chi connectivity index (χ2n) is 12.1. The molecule has 4 nitrogen and oxygen atoms in total. The van der Waals surface area contributed by atoms with Crippen LogP contribution in [0.2, 0.25) is 0 Å². The van der Waals surface area contributed by atoms with Crippen LogP contribution in [0.1, 0.15) is 0 Å². The zero-order valence-corrected chi connectivity index (χ0v) is 24.6. The lowest BCUT2D eigenvalue weighted by Gasteiger charge is -2.11. The molecule has 0 amide bonds. The number of hydrogen-bond acceptors (Lipinski definition) is 2. The highest BCUT2D eigenvalue weighted by Crippen LogP contribution is 2.42. The Morgan fingerprint density at radius 1 is 0.326 bits per heavy atom. The molecular formula is C42H24N2O2. The van der Waals surface area contributed by atoms with Crippen molar-refractivity contribution in [2.24, 2.45) is 0 Å². The van der Waals surface area contributed by atoms with Crippen molar-refractivity contribution in [1.29, 1.82) is 0 Å². The van der Waals surface area contributed by atoms with Gasteiger partial charge in [-0.05, 0) is 72.8 Å². The van der Waals surface area contributed by atoms with Crippen molar-refractivity contribution >= 4 is 87.5 Å². The average Bonchev–Trinajstić information content (AvgIpc) is 3.85. The smallest absolute Gasteiger partial charge is 0.145 e. The van der Waals surface area contributed by atoms with Gasteiger partial charge in [0.05, 0.1) is 27.5 Å². The van der Waals surface area contributed by atoms with E-state index in [-0.39, 0.29) is 0 Å². The number of furan rings is 2. The van der Waals surface area contributed by atoms with Crippen molar-refractivity contribution in [3.8, 4) is 11.4 Å². The van der Waals surface area contributed by atoms with E-state index in [0.29, 0.717) is 0 Å². The number of nitrogens with zero attached hydrogens (tertiary/aromatic N) is 2. The standard InChI is InChI=1S/C42H24N2O2/c1-5-13-34-27(9-1)28-10-2-6-14-35(28)43(34)26-17-19-32-37(24-26)44(25-18-22-40-33(23-25)30-12-4-7-15-38(30)45-40)36-21-20-31-29-11-3-8-16-39(29)46-42(31)41(32)36/h1-24H. The zero-order valence-electron chi connectivity index (χ0n) is 24.6. The van der Waals surface area contributed by atoms with Gasteiger partial charge in [0.25, 0.3) is 0 Å². The molecule has 4 heteroatoms. The van der Waals surface area contributed by atoms with Crippen molar-refractivity contribution in [2.45, 2.75) is 0 Å². The molecule has 0 saturated heterocycles. The van der Waals surface area contributed by atoms with Crippen LogP contribution >= 0.6 is 0 Å². The van der Waals surface area contributed by atoms with Gasteiger partial charge in [-0.1, -0.05) is 72.8 Å². The molecule has 0 aliphatic heterocycles. The van der Waals surface area contributed by atoms with E-state index in [1.807, 2.05) is 18.2 Å². The molecule has 0 spiro atoms. The molecule has 0 N–H and O–H groups in total. The largest absolute Gasteiger partial charge is 0.456 e. The lowest BCUT2D eigenvalue weighted by Crippen LogP contribution is -1.97. The van der Waals surface area contributed by atoms with Crippen LogP contribution in [0.3, 0.4) is 0 Å². The first-order valence-electron chi connectivity index (χ1n) is 15.6. The Morgan fingerprint density at radius 2 is 0.870 bits per heavy atom. The lowest BCUT2D eigenvalue weighted by molar-refractivity contribution is 0.669. The third-order valence-electron chi connectivity index (χ3n) is 9.71. The van der Waals surface area contributed by atoms with Gasteiger partial charge in [0.1, 0.15) is 22.3 Å². The molecule has 11 rings (SSSR count). The third-order valence-corrected chi connectivity index (χ3v) is 9.71. The van der Waals surface area contributed by atoms with Crippen molar-refractivity contribution in [1.82, 2.24) is 9.13 Å². The summed E-state index contributed by atoms with van der Waals surface area (Å²) in [7, 11) is 0. The topological polar surface area (TPSA) is 36.1 Å². The molecule has 0 bridgehead atoms. The Balaban J connectivity index is 1.29. The summed E-state index contributed by atoms with van der Waals surface area (Å²) < 4.78 is 17.6. The van der Waals surface area contributed by atoms with Gasteiger partial charge < -0.3 is 18.0 Å². The molecule has 0 radical (unpaired) electrons. The molecule has 0 aliphatic rings. The molecule has 46 heavy (non-hydrogen) atoms. The molecule has 7 aromatic carbocycles. The highest BCUT2D eigenvalue weighted by Gasteiger charge is 2.21. The summed E-state index contributed by atoms with van der Waals surface area (Å²) >= 11 is 0. The summed E-state index contributed by atoms with van der Waals surface area (Å²) in [4.78, 5) is 0. The highest BCUT2D eigenvalue weighted by atomic mass is 16.3. The van der Waals surface area contributed by atoms with Gasteiger partial charge >= 0.3 is 0 Å². The van der Waals surface area contributed by atoms with Crippen LogP contribution in [0.15, 0.2) is 154 Å². The van der Waals surface area contributed by atoms with E-state index >= 15 is 0 Å². The molecule has 4 aromatic heterocycles. The minimum Gasteiger partial charge on any atom is -0.456 e. The van der Waals surface area contributed by atoms with Crippen LogP contribution in [-0.2, 0) is 0 Å². The summed E-state index contributed by atoms with van der Waals surface area (Å²) in [5.74, 6) is 0. The maximum Gasteiger partial charge on any atom is 0.145 e. The summed E-state index contributed by atoms with van der Waals surface area (Å²) in [6.45, 7) is 0. The number of fused-ring (bicyclic) bond motifs is 13. The van der Waals surface area contributed by atoms with Crippen LogP contribution < -0.4 is 0 Å². The number of aromatic nitrogens is 2. The van der Waals surface area contributed by atoms with Gasteiger partial charge in [-0.2, -0.15) is 0 Å². The molecular weight excluding hydrogens is 564 g/mol. The van der Waals surface area contributed by atoms with E-state index in [1.165, 1.54) is 21.8 Å². The SMILES string of the molecule is c1ccc2c(c1)oc1ccc(-n3c4cc(-n5c6ccccc6c6ccccc65)ccc4c4c5oc6ccccc6c5ccc43)cc12. The minimum atomic E-state index is 0.886. The van der Waals surface area contributed by atoms with Crippen molar-refractivity contribution in [3.05, 3.63) is 146 Å². The Kier molecular flexibility index (Phi) is 4.55. The third kappa shape index (κ3) is 3.07. The van der Waals surface area contributed by atoms with Crippen molar-refractivity contribution in [2.75, 3.05) is 0 Å². The molecule has 0 saturated carbocycles. The van der Waals surface area contributed by atoms with Gasteiger partial charge in [-0.15, -0.1) is 0 Å². The van der Waals surface area contributed by atoms with E-state index in [2.05, 4.69) is 137 Å². The first kappa shape index (κ1) is 24.1. The van der Waals surface area contributed by atoms with E-state index < -0.39 is 0 Å². The van der Waals surface area contributed by atoms with Crippen LogP contribution in [0.25, 0.3) is 98.9 Å². The van der Waals surface area contributed by atoms with Gasteiger partial charge in [0.15, 0.2) is 0 Å². The van der Waals surface area contributed by atoms with Crippen molar-refractivity contribution < 1.29 is 8.83 Å². The van der Waals surface area contributed by atoms with Crippen LogP contribution in [0.4, 0.5) is 0 Å². The number of hydrogen-bond donors (Lipinski definition) is 0. The van der Waals surface area contributed by atoms with E-state index in [1.54, 1.807) is 0 Å². The molecule has 4 heterocycles. The fraction of sp³-hybridized carbons (Fsp3) is 0. The average molecular weight is 589 g/mol. The second-order valence-corrected chi connectivity index (χ2v) is 12.1. The van der Waals surface area contributed by atoms with Crippen LogP contribution in [0.5, 0.6) is 0 Å². The number of benzene rings is 7. The molecule has 0 aliphatic carbocycles. The fourth-order valence-electron chi connectivity index (χ4n) is 7.74. The predicted molar refractivity (Wildman–Crippen MR) is 190 cm³/mol. The Morgan fingerprint density at radius 3 is 1.63 bits per heavy atom. The normalized spacial score (nSPS) is 12.3. The monoisotopic (exact) mass is 588 g/mol. The Hall–Kier alpha value is -6.26. The van der Waals surface area contributed by atoms with E-state index in [9.17, 15) is 0 Å². The van der Waals surface area contributed by atoms with Gasteiger partial charge in [0.2, 0.25) is 0 Å². The maximum absolute atomic E-state index is 6.62. The molecule has 0 fully saturated rings. The maximum atomic E-state index is 6.62. The lowest BCUT2D eigenvalue weighted by atomic mass is 10.1. The zero-order chi connectivity index (χ0) is 29.9. The molecule has 0 atom stereocenters. The molecule has 214 valence electrons. The summed E-state index contributed by atoms with van der Waals surface area (Å²) in [6.07, 6.45) is 0. The summed E-state index contributed by atoms with van der Waals surface area (Å²) in [5, 5.41) is 9.26. The van der Waals surface area contributed by atoms with Crippen molar-refractivity contribution in [3.63, 3.8) is 0 Å². The van der Waals surface area contributed by atoms with Crippen LogP contribution in [-0.4, -0.2) is 9.13 Å². The van der Waals surface area contributed by atoms with E-state index in [0.717, 1.165) is 77.1 Å². The first-order chi connectivity index (χ1) is 22.8. The van der Waals surface area contributed by atoms with Gasteiger partial charge in [-0.25, -0.2) is 0 Å². The molecule has 0 unspecified atom stereocenters. The number of rotatable bonds is 2. The van der Waals surface area contributed by atoms with Crippen LogP contribution in [0, 0.1) is 0 Å². The minimum absolute atomic E-state index is 0.886. The second kappa shape index (κ2) is 8.68. The number of para-hydroxylation sites is 4. The molecule has 11 aromatic rings. The summed E-state index contributed by atoms with van der Waals surface area (Å²) in [6, 6.07) is 51.7.